The second-order valence-corrected chi connectivity index (χ2v) is 4.00. The maximum Gasteiger partial charge on any atom is 0.109 e. The molecular formula is C10H18O2. The maximum atomic E-state index is 9.81. The van der Waals surface area contributed by atoms with Gasteiger partial charge in [0.15, 0.2) is 0 Å². The maximum absolute atomic E-state index is 9.81. The highest BCUT2D eigenvalue weighted by Crippen LogP contribution is 2.28. The largest absolute Gasteiger partial charge is 0.387 e. The topological polar surface area (TPSA) is 32.8 Å². The first-order valence-corrected chi connectivity index (χ1v) is 4.50. The molecule has 0 spiro atoms. The first kappa shape index (κ1) is 9.75. The second kappa shape index (κ2) is 3.58. The third-order valence-electron chi connectivity index (χ3n) is 2.23. The fourth-order valence-electron chi connectivity index (χ4n) is 1.22. The molecule has 1 fully saturated rings. The molecule has 70 valence electrons. The Balaban J connectivity index is 2.25. The molecule has 1 N–H and O–H groups in total. The van der Waals surface area contributed by atoms with E-state index in [4.69, 9.17) is 4.74 Å². The van der Waals surface area contributed by atoms with Gasteiger partial charge in [-0.25, -0.2) is 0 Å². The van der Waals surface area contributed by atoms with Crippen molar-refractivity contribution in [3.8, 4) is 0 Å². The van der Waals surface area contributed by atoms with Crippen molar-refractivity contribution in [2.24, 2.45) is 0 Å². The third-order valence-corrected chi connectivity index (χ3v) is 2.23. The number of hydrogen-bond acceptors (Lipinski definition) is 2. The predicted octanol–water partition coefficient (Wildman–Crippen LogP) is 1.88. The van der Waals surface area contributed by atoms with Crippen LogP contribution in [0.5, 0.6) is 0 Å². The Hall–Kier alpha value is -0.340. The molecule has 1 saturated heterocycles. The average Bonchev–Trinajstić information content (AvgIpc) is 2.65. The van der Waals surface area contributed by atoms with Gasteiger partial charge in [-0.3, -0.25) is 0 Å². The van der Waals surface area contributed by atoms with Crippen LogP contribution in [0, 0.1) is 0 Å². The SMILES string of the molecule is CC(C)=CCC[C@](C)(O)[C@H]1CO1. The minimum Gasteiger partial charge on any atom is -0.387 e. The molecule has 0 saturated carbocycles. The van der Waals surface area contributed by atoms with Gasteiger partial charge < -0.3 is 9.84 Å². The zero-order chi connectivity index (χ0) is 9.19. The number of epoxide rings is 1. The summed E-state index contributed by atoms with van der Waals surface area (Å²) in [5, 5.41) is 9.81. The monoisotopic (exact) mass is 170 g/mol. The van der Waals surface area contributed by atoms with Gasteiger partial charge in [-0.1, -0.05) is 11.6 Å². The molecule has 2 heteroatoms. The Morgan fingerprint density at radius 3 is 2.67 bits per heavy atom. The van der Waals surface area contributed by atoms with E-state index in [0.717, 1.165) is 19.4 Å². The quantitative estimate of drug-likeness (QED) is 0.516. The molecule has 0 radical (unpaired) electrons. The van der Waals surface area contributed by atoms with Crippen LogP contribution in [0.4, 0.5) is 0 Å². The van der Waals surface area contributed by atoms with Gasteiger partial charge in [0.05, 0.1) is 12.2 Å². The fourth-order valence-corrected chi connectivity index (χ4v) is 1.22. The molecule has 2 nitrogen and oxygen atoms in total. The Bertz CT molecular complexity index is 174. The average molecular weight is 170 g/mol. The van der Waals surface area contributed by atoms with Crippen LogP contribution in [0.3, 0.4) is 0 Å². The molecule has 1 aliphatic rings. The van der Waals surface area contributed by atoms with Crippen molar-refractivity contribution in [3.63, 3.8) is 0 Å². The highest BCUT2D eigenvalue weighted by Gasteiger charge is 2.40. The molecule has 0 amide bonds. The van der Waals surface area contributed by atoms with Crippen molar-refractivity contribution < 1.29 is 9.84 Å². The van der Waals surface area contributed by atoms with Gasteiger partial charge >= 0.3 is 0 Å². The lowest BCUT2D eigenvalue weighted by atomic mass is 9.96. The van der Waals surface area contributed by atoms with Gasteiger partial charge in [0.2, 0.25) is 0 Å². The minimum absolute atomic E-state index is 0.0862. The van der Waals surface area contributed by atoms with Gasteiger partial charge in [-0.05, 0) is 33.6 Å². The van der Waals surface area contributed by atoms with Gasteiger partial charge in [-0.15, -0.1) is 0 Å². The van der Waals surface area contributed by atoms with Crippen LogP contribution in [0.1, 0.15) is 33.6 Å². The predicted molar refractivity (Wildman–Crippen MR) is 49.0 cm³/mol. The molecule has 0 aromatic heterocycles. The van der Waals surface area contributed by atoms with Crippen LogP contribution in [0.15, 0.2) is 11.6 Å². The number of rotatable bonds is 4. The first-order valence-electron chi connectivity index (χ1n) is 4.50. The lowest BCUT2D eigenvalue weighted by Gasteiger charge is -2.19. The smallest absolute Gasteiger partial charge is 0.109 e. The summed E-state index contributed by atoms with van der Waals surface area (Å²) in [4.78, 5) is 0. The number of ether oxygens (including phenoxy) is 1. The minimum atomic E-state index is -0.619. The van der Waals surface area contributed by atoms with Crippen molar-refractivity contribution >= 4 is 0 Å². The second-order valence-electron chi connectivity index (χ2n) is 4.00. The van der Waals surface area contributed by atoms with E-state index in [1.807, 2.05) is 6.92 Å². The number of allylic oxidation sites excluding steroid dienone is 2. The van der Waals surface area contributed by atoms with E-state index in [9.17, 15) is 5.11 Å². The van der Waals surface area contributed by atoms with E-state index in [-0.39, 0.29) is 6.10 Å². The normalized spacial score (nSPS) is 26.2. The van der Waals surface area contributed by atoms with E-state index >= 15 is 0 Å². The summed E-state index contributed by atoms with van der Waals surface area (Å²) in [6.07, 6.45) is 3.97. The third kappa shape index (κ3) is 2.95. The van der Waals surface area contributed by atoms with Crippen molar-refractivity contribution in [1.29, 1.82) is 0 Å². The van der Waals surface area contributed by atoms with Crippen LogP contribution >= 0.6 is 0 Å². The van der Waals surface area contributed by atoms with Crippen molar-refractivity contribution in [2.75, 3.05) is 6.61 Å². The van der Waals surface area contributed by atoms with Crippen molar-refractivity contribution in [2.45, 2.75) is 45.3 Å². The molecule has 12 heavy (non-hydrogen) atoms. The Kier molecular flexibility index (Phi) is 2.91. The van der Waals surface area contributed by atoms with Crippen LogP contribution in [-0.2, 0) is 4.74 Å². The molecule has 0 unspecified atom stereocenters. The molecule has 2 atom stereocenters. The summed E-state index contributed by atoms with van der Waals surface area (Å²) in [5.41, 5.74) is 0.689. The van der Waals surface area contributed by atoms with E-state index in [1.54, 1.807) is 0 Å². The summed E-state index contributed by atoms with van der Waals surface area (Å²) < 4.78 is 5.06. The summed E-state index contributed by atoms with van der Waals surface area (Å²) in [6.45, 7) is 6.72. The van der Waals surface area contributed by atoms with Crippen LogP contribution < -0.4 is 0 Å². The number of aliphatic hydroxyl groups is 1. The van der Waals surface area contributed by atoms with Gasteiger partial charge in [0, 0.05) is 0 Å². The van der Waals surface area contributed by atoms with Crippen LogP contribution in [0.25, 0.3) is 0 Å². The zero-order valence-corrected chi connectivity index (χ0v) is 8.13. The van der Waals surface area contributed by atoms with E-state index in [2.05, 4.69) is 19.9 Å². The molecule has 1 aliphatic heterocycles. The lowest BCUT2D eigenvalue weighted by molar-refractivity contribution is 0.0225. The molecule has 1 heterocycles. The van der Waals surface area contributed by atoms with Crippen LogP contribution in [0.2, 0.25) is 0 Å². The van der Waals surface area contributed by atoms with E-state index < -0.39 is 5.60 Å². The van der Waals surface area contributed by atoms with Gasteiger partial charge in [-0.2, -0.15) is 0 Å². The molecular weight excluding hydrogens is 152 g/mol. The molecule has 0 aliphatic carbocycles. The van der Waals surface area contributed by atoms with Crippen molar-refractivity contribution in [1.82, 2.24) is 0 Å². The first-order chi connectivity index (χ1) is 5.52. The fraction of sp³-hybridized carbons (Fsp3) is 0.800. The standard InChI is InChI=1S/C10H18O2/c1-8(2)5-4-6-10(3,11)9-7-12-9/h5,9,11H,4,6-7H2,1-3H3/t9-,10+/m1/s1. The van der Waals surface area contributed by atoms with Crippen molar-refractivity contribution in [3.05, 3.63) is 11.6 Å². The highest BCUT2D eigenvalue weighted by atomic mass is 16.6. The Labute approximate surface area is 74.2 Å². The van der Waals surface area contributed by atoms with E-state index in [0.29, 0.717) is 0 Å². The summed E-state index contributed by atoms with van der Waals surface area (Å²) >= 11 is 0. The Morgan fingerprint density at radius 2 is 2.25 bits per heavy atom. The van der Waals surface area contributed by atoms with Gasteiger partial charge in [0.1, 0.15) is 6.10 Å². The number of hydrogen-bond donors (Lipinski definition) is 1. The summed E-state index contributed by atoms with van der Waals surface area (Å²) in [6, 6.07) is 0. The molecule has 0 aromatic rings. The van der Waals surface area contributed by atoms with E-state index in [1.165, 1.54) is 5.57 Å². The summed E-state index contributed by atoms with van der Waals surface area (Å²) in [5.74, 6) is 0. The zero-order valence-electron chi connectivity index (χ0n) is 8.13. The van der Waals surface area contributed by atoms with Gasteiger partial charge in [0.25, 0.3) is 0 Å². The molecule has 1 rings (SSSR count). The lowest BCUT2D eigenvalue weighted by Crippen LogP contribution is -2.30. The van der Waals surface area contributed by atoms with Crippen LogP contribution in [-0.4, -0.2) is 23.4 Å². The highest BCUT2D eigenvalue weighted by molar-refractivity contribution is 4.97. The molecule has 0 bridgehead atoms. The molecule has 0 aromatic carbocycles. The summed E-state index contributed by atoms with van der Waals surface area (Å²) in [7, 11) is 0. The Morgan fingerprint density at radius 1 is 1.67 bits per heavy atom.